The molecule has 0 radical (unpaired) electrons. The van der Waals surface area contributed by atoms with Gasteiger partial charge in [0.05, 0.1) is 11.3 Å². The predicted molar refractivity (Wildman–Crippen MR) is 101 cm³/mol. The second kappa shape index (κ2) is 8.12. The van der Waals surface area contributed by atoms with Gasteiger partial charge >= 0.3 is 6.09 Å². The summed E-state index contributed by atoms with van der Waals surface area (Å²) in [6.45, 7) is 0.0481. The average Bonchev–Trinajstić information content (AvgIpc) is 3.13. The van der Waals surface area contributed by atoms with Gasteiger partial charge in [-0.25, -0.2) is 21.6 Å². The molecule has 10 heteroatoms. The van der Waals surface area contributed by atoms with Gasteiger partial charge in [-0.2, -0.15) is 5.26 Å². The lowest BCUT2D eigenvalue weighted by atomic mass is 10.1. The molecular weight excluding hydrogens is 399 g/mol. The van der Waals surface area contributed by atoms with Crippen LogP contribution >= 0.6 is 0 Å². The highest BCUT2D eigenvalue weighted by Gasteiger charge is 2.24. The molecule has 0 fully saturated rings. The normalized spacial score (nSPS) is 11.0. The number of rotatable bonds is 6. The van der Waals surface area contributed by atoms with E-state index < -0.39 is 21.9 Å². The van der Waals surface area contributed by atoms with E-state index in [9.17, 15) is 17.6 Å². The zero-order valence-corrected chi connectivity index (χ0v) is 15.7. The van der Waals surface area contributed by atoms with E-state index in [2.05, 4.69) is 10.3 Å². The number of hydrogen-bond donors (Lipinski definition) is 2. The molecule has 0 aliphatic heterocycles. The third kappa shape index (κ3) is 4.09. The number of benzene rings is 1. The Labute approximate surface area is 165 Å². The standard InChI is InChI=1S/C19H15FN4O4S/c20-18-14(10-21)3-1-5-16(18)17-9-13(6-8-23-19(25)26)12-24(17)29(27,28)15-4-2-7-22-11-15/h1-5,7,9,11-12,23H,6,8H2,(H,25,26). The Balaban J connectivity index is 2.15. The van der Waals surface area contributed by atoms with Gasteiger partial charge < -0.3 is 10.4 Å². The van der Waals surface area contributed by atoms with Crippen molar-refractivity contribution in [3.63, 3.8) is 0 Å². The highest BCUT2D eigenvalue weighted by Crippen LogP contribution is 2.30. The maximum atomic E-state index is 14.8. The van der Waals surface area contributed by atoms with Crippen molar-refractivity contribution in [2.75, 3.05) is 6.54 Å². The van der Waals surface area contributed by atoms with E-state index in [4.69, 9.17) is 10.4 Å². The number of aromatic nitrogens is 2. The third-order valence-electron chi connectivity index (χ3n) is 4.12. The molecule has 148 valence electrons. The lowest BCUT2D eigenvalue weighted by Crippen LogP contribution is -2.23. The first kappa shape index (κ1) is 20.0. The molecule has 0 spiro atoms. The van der Waals surface area contributed by atoms with E-state index >= 15 is 0 Å². The largest absolute Gasteiger partial charge is 0.465 e. The Kier molecular flexibility index (Phi) is 5.61. The molecule has 0 atom stereocenters. The summed E-state index contributed by atoms with van der Waals surface area (Å²) in [5.74, 6) is -0.842. The monoisotopic (exact) mass is 414 g/mol. The van der Waals surface area contributed by atoms with E-state index in [1.54, 1.807) is 6.07 Å². The third-order valence-corrected chi connectivity index (χ3v) is 5.78. The molecule has 0 unspecified atom stereocenters. The van der Waals surface area contributed by atoms with Gasteiger partial charge in [-0.15, -0.1) is 0 Å². The Morgan fingerprint density at radius 1 is 1.31 bits per heavy atom. The zero-order chi connectivity index (χ0) is 21.0. The minimum absolute atomic E-state index is 0.0220. The molecule has 1 aromatic carbocycles. The lowest BCUT2D eigenvalue weighted by Gasteiger charge is -2.11. The maximum absolute atomic E-state index is 14.8. The molecule has 3 aromatic rings. The van der Waals surface area contributed by atoms with E-state index in [-0.39, 0.29) is 34.7 Å². The second-order valence-corrected chi connectivity index (χ2v) is 7.80. The smallest absolute Gasteiger partial charge is 0.404 e. The lowest BCUT2D eigenvalue weighted by molar-refractivity contribution is 0.194. The van der Waals surface area contributed by atoms with Crippen LogP contribution in [-0.4, -0.2) is 35.1 Å². The number of pyridine rings is 1. The zero-order valence-electron chi connectivity index (χ0n) is 14.9. The number of nitrogens with one attached hydrogen (secondary N) is 1. The highest BCUT2D eigenvalue weighted by atomic mass is 32.2. The quantitative estimate of drug-likeness (QED) is 0.639. The van der Waals surface area contributed by atoms with Crippen molar-refractivity contribution in [2.45, 2.75) is 11.3 Å². The van der Waals surface area contributed by atoms with Gasteiger partial charge in [0.15, 0.2) is 0 Å². The fourth-order valence-corrected chi connectivity index (χ4v) is 4.13. The van der Waals surface area contributed by atoms with Gasteiger partial charge in [-0.3, -0.25) is 4.98 Å². The van der Waals surface area contributed by atoms with Crippen molar-refractivity contribution in [3.8, 4) is 17.3 Å². The van der Waals surface area contributed by atoms with E-state index in [1.165, 1.54) is 55.0 Å². The molecule has 0 saturated carbocycles. The van der Waals surface area contributed by atoms with Crippen LogP contribution in [0.3, 0.4) is 0 Å². The number of amides is 1. The van der Waals surface area contributed by atoms with Crippen molar-refractivity contribution in [3.05, 3.63) is 71.9 Å². The minimum atomic E-state index is -4.11. The summed E-state index contributed by atoms with van der Waals surface area (Å²) in [6.07, 6.45) is 2.88. The Morgan fingerprint density at radius 2 is 2.10 bits per heavy atom. The Hall–Kier alpha value is -3.71. The summed E-state index contributed by atoms with van der Waals surface area (Å²) in [5, 5.41) is 20.0. The van der Waals surface area contributed by atoms with Crippen molar-refractivity contribution < 1.29 is 22.7 Å². The molecule has 2 N–H and O–H groups in total. The Morgan fingerprint density at radius 3 is 2.76 bits per heavy atom. The van der Waals surface area contributed by atoms with Crippen molar-refractivity contribution >= 4 is 16.1 Å². The molecule has 0 bridgehead atoms. The molecule has 3 rings (SSSR count). The van der Waals surface area contributed by atoms with Crippen LogP contribution in [0.25, 0.3) is 11.3 Å². The first-order valence-electron chi connectivity index (χ1n) is 8.37. The molecular formula is C19H15FN4O4S. The van der Waals surface area contributed by atoms with Crippen LogP contribution < -0.4 is 5.32 Å². The molecule has 8 nitrogen and oxygen atoms in total. The van der Waals surface area contributed by atoms with Crippen LogP contribution in [0.4, 0.5) is 9.18 Å². The Bertz CT molecular complexity index is 1200. The highest BCUT2D eigenvalue weighted by molar-refractivity contribution is 7.90. The molecule has 2 aromatic heterocycles. The van der Waals surface area contributed by atoms with Crippen molar-refractivity contribution in [1.82, 2.24) is 14.3 Å². The van der Waals surface area contributed by atoms with Crippen molar-refractivity contribution in [2.24, 2.45) is 0 Å². The second-order valence-electron chi connectivity index (χ2n) is 5.98. The molecule has 29 heavy (non-hydrogen) atoms. The predicted octanol–water partition coefficient (Wildman–Crippen LogP) is 2.61. The molecule has 0 aliphatic carbocycles. The topological polar surface area (TPSA) is 125 Å². The first-order chi connectivity index (χ1) is 13.8. The minimum Gasteiger partial charge on any atom is -0.465 e. The van der Waals surface area contributed by atoms with Gasteiger partial charge in [-0.05, 0) is 42.3 Å². The number of carbonyl (C=O) groups is 1. The number of halogens is 1. The first-order valence-corrected chi connectivity index (χ1v) is 9.81. The molecule has 0 saturated heterocycles. The van der Waals surface area contributed by atoms with E-state index in [0.717, 1.165) is 3.97 Å². The summed E-state index contributed by atoms with van der Waals surface area (Å²) >= 11 is 0. The van der Waals surface area contributed by atoms with Crippen molar-refractivity contribution in [1.29, 1.82) is 5.26 Å². The summed E-state index contributed by atoms with van der Waals surface area (Å²) in [5.41, 5.74) is 0.217. The molecule has 0 aliphatic rings. The van der Waals surface area contributed by atoms with Crippen LogP contribution in [0.15, 0.2) is 59.9 Å². The molecule has 2 heterocycles. The van der Waals surface area contributed by atoms with Gasteiger partial charge in [-0.1, -0.05) is 6.07 Å². The van der Waals surface area contributed by atoms with E-state index in [0.29, 0.717) is 5.56 Å². The van der Waals surface area contributed by atoms with Crippen LogP contribution in [-0.2, 0) is 16.4 Å². The summed E-state index contributed by atoms with van der Waals surface area (Å²) in [6, 6.07) is 10.1. The molecule has 1 amide bonds. The summed E-state index contributed by atoms with van der Waals surface area (Å²) in [4.78, 5) is 14.4. The number of carboxylic acid groups (broad SMARTS) is 1. The average molecular weight is 414 g/mol. The number of hydrogen-bond acceptors (Lipinski definition) is 5. The van der Waals surface area contributed by atoms with Gasteiger partial charge in [0.2, 0.25) is 0 Å². The van der Waals surface area contributed by atoms with Crippen LogP contribution in [0.5, 0.6) is 0 Å². The van der Waals surface area contributed by atoms with Gasteiger partial charge in [0, 0.05) is 30.7 Å². The van der Waals surface area contributed by atoms with Gasteiger partial charge in [0.1, 0.15) is 16.8 Å². The number of nitriles is 1. The van der Waals surface area contributed by atoms with E-state index in [1.807, 2.05) is 0 Å². The SMILES string of the molecule is N#Cc1cccc(-c2cc(CCNC(=O)O)cn2S(=O)(=O)c2cccnc2)c1F. The van der Waals surface area contributed by atoms with Crippen LogP contribution in [0.1, 0.15) is 11.1 Å². The summed E-state index contributed by atoms with van der Waals surface area (Å²) in [7, 11) is -4.11. The number of nitrogens with zero attached hydrogens (tertiary/aromatic N) is 3. The fraction of sp³-hybridized carbons (Fsp3) is 0.105. The van der Waals surface area contributed by atoms with Gasteiger partial charge in [0.25, 0.3) is 10.0 Å². The summed E-state index contributed by atoms with van der Waals surface area (Å²) < 4.78 is 41.9. The van der Waals surface area contributed by atoms with Crippen LogP contribution in [0.2, 0.25) is 0 Å². The fourth-order valence-electron chi connectivity index (χ4n) is 2.77. The maximum Gasteiger partial charge on any atom is 0.404 e. The van der Waals surface area contributed by atoms with Crippen LogP contribution in [0, 0.1) is 17.1 Å².